The van der Waals surface area contributed by atoms with E-state index in [1.807, 2.05) is 24.3 Å². The molecule has 1 unspecified atom stereocenters. The van der Waals surface area contributed by atoms with Gasteiger partial charge in [0.25, 0.3) is 5.91 Å². The van der Waals surface area contributed by atoms with Crippen LogP contribution in [0.4, 0.5) is 0 Å². The van der Waals surface area contributed by atoms with Crippen LogP contribution in [0.2, 0.25) is 0 Å². The normalized spacial score (nSPS) is 16.1. The van der Waals surface area contributed by atoms with Gasteiger partial charge in [0.05, 0.1) is 10.9 Å². The summed E-state index contributed by atoms with van der Waals surface area (Å²) in [5, 5.41) is 3.94. The van der Waals surface area contributed by atoms with Gasteiger partial charge in [-0.2, -0.15) is 0 Å². The Kier molecular flexibility index (Phi) is 7.14. The van der Waals surface area contributed by atoms with Crippen molar-refractivity contribution in [3.8, 4) is 16.8 Å². The number of benzene rings is 3. The molecule has 1 aliphatic rings. The van der Waals surface area contributed by atoms with Gasteiger partial charge >= 0.3 is 0 Å². The van der Waals surface area contributed by atoms with E-state index in [1.165, 1.54) is 22.9 Å². The van der Waals surface area contributed by atoms with E-state index in [9.17, 15) is 13.2 Å². The summed E-state index contributed by atoms with van der Waals surface area (Å²) in [5.74, 6) is -0.0306. The minimum Gasteiger partial charge on any atom is -0.363 e. The van der Waals surface area contributed by atoms with Crippen molar-refractivity contribution in [2.24, 2.45) is 5.73 Å². The highest BCUT2D eigenvalue weighted by molar-refractivity contribution is 7.91. The van der Waals surface area contributed by atoms with Crippen molar-refractivity contribution in [2.45, 2.75) is 31.6 Å². The molecule has 9 heteroatoms. The van der Waals surface area contributed by atoms with Crippen molar-refractivity contribution >= 4 is 15.7 Å². The van der Waals surface area contributed by atoms with Crippen LogP contribution in [0.3, 0.4) is 0 Å². The van der Waals surface area contributed by atoms with E-state index in [0.717, 1.165) is 36.3 Å². The SMILES string of the molecule is Cc1nc(C(N)=O)nn1-c1ccc(Cc2ccc(-c3ccc(CN4CCC(S(C)(=O)=O)C4)cc3)cc2)cc1. The zero-order chi connectivity index (χ0) is 26.9. The lowest BCUT2D eigenvalue weighted by molar-refractivity contribution is 0.0990. The number of sulfone groups is 1. The zero-order valence-corrected chi connectivity index (χ0v) is 22.4. The molecule has 0 saturated carbocycles. The van der Waals surface area contributed by atoms with Crippen LogP contribution in [0.25, 0.3) is 16.8 Å². The molecular formula is C29H31N5O3S. The lowest BCUT2D eigenvalue weighted by atomic mass is 9.99. The van der Waals surface area contributed by atoms with Crippen LogP contribution >= 0.6 is 0 Å². The second-order valence-electron chi connectivity index (χ2n) is 9.97. The fraction of sp³-hybridized carbons (Fsp3) is 0.276. The fourth-order valence-corrected chi connectivity index (χ4v) is 5.91. The third kappa shape index (κ3) is 5.84. The molecule has 0 spiro atoms. The second kappa shape index (κ2) is 10.5. The molecule has 2 heterocycles. The molecular weight excluding hydrogens is 498 g/mol. The van der Waals surface area contributed by atoms with E-state index < -0.39 is 15.7 Å². The number of amides is 1. The van der Waals surface area contributed by atoms with E-state index in [0.29, 0.717) is 18.8 Å². The molecule has 3 aromatic carbocycles. The van der Waals surface area contributed by atoms with Crippen LogP contribution in [0.15, 0.2) is 72.8 Å². The zero-order valence-electron chi connectivity index (χ0n) is 21.5. The summed E-state index contributed by atoms with van der Waals surface area (Å²) >= 11 is 0. The average molecular weight is 530 g/mol. The van der Waals surface area contributed by atoms with Gasteiger partial charge in [-0.05, 0) is 66.3 Å². The smallest absolute Gasteiger partial charge is 0.288 e. The predicted octanol–water partition coefficient (Wildman–Crippen LogP) is 3.55. The van der Waals surface area contributed by atoms with E-state index in [4.69, 9.17) is 5.73 Å². The van der Waals surface area contributed by atoms with Gasteiger partial charge in [-0.15, -0.1) is 5.10 Å². The lowest BCUT2D eigenvalue weighted by Gasteiger charge is -2.16. The number of aromatic nitrogens is 3. The first-order chi connectivity index (χ1) is 18.2. The van der Waals surface area contributed by atoms with Gasteiger partial charge in [0, 0.05) is 19.3 Å². The molecule has 1 aliphatic heterocycles. The Morgan fingerprint density at radius 3 is 1.97 bits per heavy atom. The van der Waals surface area contributed by atoms with Crippen LogP contribution in [-0.2, 0) is 22.8 Å². The van der Waals surface area contributed by atoms with Crippen molar-refractivity contribution in [3.05, 3.63) is 101 Å². The molecule has 5 rings (SSSR count). The summed E-state index contributed by atoms with van der Waals surface area (Å²) in [5.41, 5.74) is 12.0. The van der Waals surface area contributed by atoms with Crippen LogP contribution in [-0.4, -0.2) is 58.6 Å². The number of hydrogen-bond donors (Lipinski definition) is 1. The summed E-state index contributed by atoms with van der Waals surface area (Å²) in [6.07, 6.45) is 2.85. The van der Waals surface area contributed by atoms with E-state index in [2.05, 4.69) is 63.5 Å². The molecule has 1 atom stereocenters. The maximum absolute atomic E-state index is 11.8. The first kappa shape index (κ1) is 25.8. The number of likely N-dealkylation sites (tertiary alicyclic amines) is 1. The highest BCUT2D eigenvalue weighted by atomic mass is 32.2. The second-order valence-corrected chi connectivity index (χ2v) is 12.3. The highest BCUT2D eigenvalue weighted by Crippen LogP contribution is 2.24. The molecule has 196 valence electrons. The Hall–Kier alpha value is -3.82. The lowest BCUT2D eigenvalue weighted by Crippen LogP contribution is -2.26. The van der Waals surface area contributed by atoms with Gasteiger partial charge in [-0.1, -0.05) is 60.7 Å². The monoisotopic (exact) mass is 529 g/mol. The molecule has 4 aromatic rings. The number of nitrogens with two attached hydrogens (primary N) is 1. The van der Waals surface area contributed by atoms with Gasteiger partial charge in [-0.3, -0.25) is 9.69 Å². The van der Waals surface area contributed by atoms with Crippen molar-refractivity contribution in [3.63, 3.8) is 0 Å². The molecule has 1 saturated heterocycles. The van der Waals surface area contributed by atoms with Crippen molar-refractivity contribution in [2.75, 3.05) is 19.3 Å². The minimum absolute atomic E-state index is 0.00985. The Balaban J connectivity index is 1.19. The molecule has 2 N–H and O–H groups in total. The summed E-state index contributed by atoms with van der Waals surface area (Å²) in [6, 6.07) is 25.1. The molecule has 1 amide bonds. The van der Waals surface area contributed by atoms with Crippen molar-refractivity contribution in [1.29, 1.82) is 0 Å². The molecule has 8 nitrogen and oxygen atoms in total. The summed E-state index contributed by atoms with van der Waals surface area (Å²) < 4.78 is 25.2. The van der Waals surface area contributed by atoms with Gasteiger partial charge in [0.15, 0.2) is 9.84 Å². The maximum atomic E-state index is 11.8. The fourth-order valence-electron chi connectivity index (χ4n) is 4.90. The summed E-state index contributed by atoms with van der Waals surface area (Å²) in [6.45, 7) is 3.99. The van der Waals surface area contributed by atoms with Gasteiger partial charge in [-0.25, -0.2) is 18.1 Å². The minimum atomic E-state index is -2.97. The Labute approximate surface area is 223 Å². The quantitative estimate of drug-likeness (QED) is 0.374. The van der Waals surface area contributed by atoms with Gasteiger partial charge < -0.3 is 5.73 Å². The van der Waals surface area contributed by atoms with Crippen molar-refractivity contribution < 1.29 is 13.2 Å². The van der Waals surface area contributed by atoms with Gasteiger partial charge in [0.1, 0.15) is 5.82 Å². The summed E-state index contributed by atoms with van der Waals surface area (Å²) in [7, 11) is -2.97. The highest BCUT2D eigenvalue weighted by Gasteiger charge is 2.29. The van der Waals surface area contributed by atoms with Crippen molar-refractivity contribution in [1.82, 2.24) is 19.7 Å². The molecule has 0 bridgehead atoms. The number of carbonyl (C=O) groups is 1. The van der Waals surface area contributed by atoms with Crippen LogP contribution in [0.1, 0.15) is 39.6 Å². The molecule has 0 radical (unpaired) electrons. The van der Waals surface area contributed by atoms with Crippen LogP contribution in [0.5, 0.6) is 0 Å². The number of rotatable bonds is 8. The average Bonchev–Trinajstić information content (AvgIpc) is 3.53. The van der Waals surface area contributed by atoms with Crippen LogP contribution < -0.4 is 5.73 Å². The summed E-state index contributed by atoms with van der Waals surface area (Å²) in [4.78, 5) is 17.7. The number of aryl methyl sites for hydroxylation is 1. The molecule has 1 aromatic heterocycles. The number of carbonyl (C=O) groups excluding carboxylic acids is 1. The molecule has 0 aliphatic carbocycles. The number of hydrogen-bond acceptors (Lipinski definition) is 6. The predicted molar refractivity (Wildman–Crippen MR) is 148 cm³/mol. The van der Waals surface area contributed by atoms with E-state index in [-0.39, 0.29) is 11.1 Å². The molecule has 38 heavy (non-hydrogen) atoms. The Morgan fingerprint density at radius 1 is 0.921 bits per heavy atom. The van der Waals surface area contributed by atoms with E-state index >= 15 is 0 Å². The van der Waals surface area contributed by atoms with Crippen LogP contribution in [0, 0.1) is 6.92 Å². The first-order valence-electron chi connectivity index (χ1n) is 12.6. The third-order valence-corrected chi connectivity index (χ3v) is 8.66. The van der Waals surface area contributed by atoms with Gasteiger partial charge in [0.2, 0.25) is 5.82 Å². The molecule has 1 fully saturated rings. The standard InChI is InChI=1S/C29H31N5O3S/c1-20-31-29(28(30)35)32-34(20)26-13-7-22(8-14-26)17-21-3-9-24(10-4-21)25-11-5-23(6-12-25)18-33-16-15-27(19-33)38(2,36)37/h3-14,27H,15-19H2,1-2H3,(H2,30,35). The Morgan fingerprint density at radius 2 is 1.47 bits per heavy atom. The third-order valence-electron chi connectivity index (χ3n) is 7.06. The van der Waals surface area contributed by atoms with E-state index in [1.54, 1.807) is 11.6 Å². The topological polar surface area (TPSA) is 111 Å². The largest absolute Gasteiger partial charge is 0.363 e. The first-order valence-corrected chi connectivity index (χ1v) is 14.5. The Bertz CT molecular complexity index is 1540. The number of nitrogens with zero attached hydrogens (tertiary/aromatic N) is 4. The number of primary amides is 1. The maximum Gasteiger partial charge on any atom is 0.288 e.